The first-order valence-electron chi connectivity index (χ1n) is 5.75. The molecule has 2 rings (SSSR count). The van der Waals surface area contributed by atoms with E-state index in [4.69, 9.17) is 0 Å². The maximum atomic E-state index is 11.4. The Kier molecular flexibility index (Phi) is 2.93. The predicted molar refractivity (Wildman–Crippen MR) is 56.1 cm³/mol. The topological polar surface area (TPSA) is 58.2 Å². The van der Waals surface area contributed by atoms with Gasteiger partial charge in [-0.05, 0) is 32.6 Å². The third kappa shape index (κ3) is 3.22. The van der Waals surface area contributed by atoms with Crippen molar-refractivity contribution < 1.29 is 9.59 Å². The van der Waals surface area contributed by atoms with Crippen molar-refractivity contribution in [1.29, 1.82) is 0 Å². The molecule has 15 heavy (non-hydrogen) atoms. The smallest absolute Gasteiger partial charge is 0.223 e. The Balaban J connectivity index is 1.60. The fourth-order valence-electron chi connectivity index (χ4n) is 1.50. The third-order valence-corrected chi connectivity index (χ3v) is 2.87. The van der Waals surface area contributed by atoms with Crippen molar-refractivity contribution in [3.05, 3.63) is 0 Å². The highest BCUT2D eigenvalue weighted by Crippen LogP contribution is 2.29. The number of carbonyl (C=O) groups excluding carboxylic acids is 2. The molecule has 0 aliphatic heterocycles. The van der Waals surface area contributed by atoms with Crippen LogP contribution in [-0.4, -0.2) is 24.4 Å². The maximum absolute atomic E-state index is 11.4. The van der Waals surface area contributed by atoms with Crippen molar-refractivity contribution in [2.45, 2.75) is 38.6 Å². The summed E-state index contributed by atoms with van der Waals surface area (Å²) in [7, 11) is 0. The lowest BCUT2D eigenvalue weighted by Crippen LogP contribution is -2.42. The summed E-state index contributed by atoms with van der Waals surface area (Å²) < 4.78 is 0. The fraction of sp³-hybridized carbons (Fsp3) is 0.818. The minimum atomic E-state index is 0.0424. The second-order valence-electron chi connectivity index (χ2n) is 4.70. The highest BCUT2D eigenvalue weighted by atomic mass is 16.2. The first kappa shape index (κ1) is 10.5. The molecule has 2 aliphatic rings. The van der Waals surface area contributed by atoms with Crippen LogP contribution in [0, 0.1) is 11.8 Å². The molecule has 0 spiro atoms. The van der Waals surface area contributed by atoms with Crippen LogP contribution >= 0.6 is 0 Å². The lowest BCUT2D eigenvalue weighted by molar-refractivity contribution is -0.124. The minimum Gasteiger partial charge on any atom is -0.354 e. The van der Waals surface area contributed by atoms with Gasteiger partial charge in [0.15, 0.2) is 0 Å². The molecule has 0 aromatic carbocycles. The van der Waals surface area contributed by atoms with E-state index in [0.717, 1.165) is 25.7 Å². The fourth-order valence-corrected chi connectivity index (χ4v) is 1.50. The van der Waals surface area contributed by atoms with Crippen LogP contribution in [0.4, 0.5) is 0 Å². The molecule has 0 heterocycles. The highest BCUT2D eigenvalue weighted by molar-refractivity contribution is 5.82. The van der Waals surface area contributed by atoms with Crippen LogP contribution in [0.5, 0.6) is 0 Å². The molecule has 2 fully saturated rings. The molecule has 4 heteroatoms. The molecule has 2 N–H and O–H groups in total. The zero-order valence-electron chi connectivity index (χ0n) is 9.08. The third-order valence-electron chi connectivity index (χ3n) is 2.87. The molecule has 0 unspecified atom stereocenters. The molecule has 2 saturated carbocycles. The number of hydrogen-bond donors (Lipinski definition) is 2. The van der Waals surface area contributed by atoms with Gasteiger partial charge in [-0.3, -0.25) is 9.59 Å². The van der Waals surface area contributed by atoms with Gasteiger partial charge in [-0.2, -0.15) is 0 Å². The zero-order chi connectivity index (χ0) is 10.8. The molecule has 84 valence electrons. The van der Waals surface area contributed by atoms with E-state index in [1.165, 1.54) is 0 Å². The summed E-state index contributed by atoms with van der Waals surface area (Å²) >= 11 is 0. The largest absolute Gasteiger partial charge is 0.354 e. The van der Waals surface area contributed by atoms with E-state index in [1.807, 2.05) is 6.92 Å². The number of carbonyl (C=O) groups is 2. The normalized spacial score (nSPS) is 21.9. The summed E-state index contributed by atoms with van der Waals surface area (Å²) in [6.07, 6.45) is 4.09. The van der Waals surface area contributed by atoms with Crippen molar-refractivity contribution in [3.8, 4) is 0 Å². The van der Waals surface area contributed by atoms with Gasteiger partial charge in [-0.25, -0.2) is 0 Å². The van der Waals surface area contributed by atoms with Gasteiger partial charge in [0, 0.05) is 24.4 Å². The molecule has 2 aliphatic carbocycles. The Bertz CT molecular complexity index is 270. The molecular formula is C11H18N2O2. The van der Waals surface area contributed by atoms with Crippen molar-refractivity contribution in [3.63, 3.8) is 0 Å². The molecule has 0 aromatic heterocycles. The summed E-state index contributed by atoms with van der Waals surface area (Å²) in [5, 5.41) is 5.76. The van der Waals surface area contributed by atoms with Crippen LogP contribution in [0.25, 0.3) is 0 Å². The van der Waals surface area contributed by atoms with E-state index < -0.39 is 0 Å². The van der Waals surface area contributed by atoms with Gasteiger partial charge in [0.25, 0.3) is 0 Å². The van der Waals surface area contributed by atoms with Gasteiger partial charge >= 0.3 is 0 Å². The molecule has 4 nitrogen and oxygen atoms in total. The van der Waals surface area contributed by atoms with E-state index in [1.54, 1.807) is 0 Å². The number of amides is 2. The van der Waals surface area contributed by atoms with Crippen LogP contribution in [0.2, 0.25) is 0 Å². The van der Waals surface area contributed by atoms with Crippen LogP contribution < -0.4 is 10.6 Å². The standard InChI is InChI=1S/C11H18N2O2/c1-7(13-11(15)9-4-5-9)6-12-10(14)8-2-3-8/h7-9H,2-6H2,1H3,(H,12,14)(H,13,15)/t7-/m0/s1. The first-order chi connectivity index (χ1) is 7.16. The average Bonchev–Trinajstić information content (AvgIpc) is 3.06. The Morgan fingerprint density at radius 3 is 2.20 bits per heavy atom. The summed E-state index contributed by atoms with van der Waals surface area (Å²) in [5.41, 5.74) is 0. The molecule has 0 saturated heterocycles. The quantitative estimate of drug-likeness (QED) is 0.691. The molecule has 0 bridgehead atoms. The number of nitrogens with one attached hydrogen (secondary N) is 2. The van der Waals surface area contributed by atoms with Crippen LogP contribution in [0.3, 0.4) is 0 Å². The number of rotatable bonds is 5. The van der Waals surface area contributed by atoms with E-state index in [-0.39, 0.29) is 29.7 Å². The van der Waals surface area contributed by atoms with Gasteiger partial charge in [-0.1, -0.05) is 0 Å². The Labute approximate surface area is 89.8 Å². The van der Waals surface area contributed by atoms with Gasteiger partial charge in [-0.15, -0.1) is 0 Å². The summed E-state index contributed by atoms with van der Waals surface area (Å²) in [6.45, 7) is 2.47. The van der Waals surface area contributed by atoms with Gasteiger partial charge < -0.3 is 10.6 Å². The van der Waals surface area contributed by atoms with Gasteiger partial charge in [0.1, 0.15) is 0 Å². The molecule has 2 amide bonds. The lowest BCUT2D eigenvalue weighted by atomic mass is 10.3. The number of hydrogen-bond acceptors (Lipinski definition) is 2. The highest BCUT2D eigenvalue weighted by Gasteiger charge is 2.31. The lowest BCUT2D eigenvalue weighted by Gasteiger charge is -2.14. The van der Waals surface area contributed by atoms with Crippen molar-refractivity contribution in [2.75, 3.05) is 6.54 Å². The summed E-state index contributed by atoms with van der Waals surface area (Å²) in [4.78, 5) is 22.7. The second-order valence-corrected chi connectivity index (χ2v) is 4.70. The zero-order valence-corrected chi connectivity index (χ0v) is 9.08. The summed E-state index contributed by atoms with van der Waals surface area (Å²) in [5.74, 6) is 0.772. The van der Waals surface area contributed by atoms with E-state index in [9.17, 15) is 9.59 Å². The second kappa shape index (κ2) is 4.21. The Morgan fingerprint density at radius 2 is 1.67 bits per heavy atom. The van der Waals surface area contributed by atoms with E-state index in [0.29, 0.717) is 6.54 Å². The molecular weight excluding hydrogens is 192 g/mol. The van der Waals surface area contributed by atoms with Crippen LogP contribution in [-0.2, 0) is 9.59 Å². The van der Waals surface area contributed by atoms with Crippen LogP contribution in [0.15, 0.2) is 0 Å². The predicted octanol–water partition coefficient (Wildman–Crippen LogP) is 0.427. The van der Waals surface area contributed by atoms with E-state index in [2.05, 4.69) is 10.6 Å². The minimum absolute atomic E-state index is 0.0424. The maximum Gasteiger partial charge on any atom is 0.223 e. The SMILES string of the molecule is C[C@@H](CNC(=O)C1CC1)NC(=O)C1CC1. The van der Waals surface area contributed by atoms with Gasteiger partial charge in [0.05, 0.1) is 0 Å². The van der Waals surface area contributed by atoms with Crippen LogP contribution in [0.1, 0.15) is 32.6 Å². The molecule has 0 radical (unpaired) electrons. The first-order valence-corrected chi connectivity index (χ1v) is 5.75. The van der Waals surface area contributed by atoms with Crippen molar-refractivity contribution >= 4 is 11.8 Å². The Hall–Kier alpha value is -1.06. The monoisotopic (exact) mass is 210 g/mol. The molecule has 0 aromatic rings. The van der Waals surface area contributed by atoms with Gasteiger partial charge in [0.2, 0.25) is 11.8 Å². The van der Waals surface area contributed by atoms with Crippen molar-refractivity contribution in [2.24, 2.45) is 11.8 Å². The van der Waals surface area contributed by atoms with Crippen molar-refractivity contribution in [1.82, 2.24) is 10.6 Å². The molecule has 1 atom stereocenters. The summed E-state index contributed by atoms with van der Waals surface area (Å²) in [6, 6.07) is 0.0424. The van der Waals surface area contributed by atoms with E-state index >= 15 is 0 Å². The average molecular weight is 210 g/mol. The Morgan fingerprint density at radius 1 is 1.13 bits per heavy atom.